The molecule has 0 bridgehead atoms. The van der Waals surface area contributed by atoms with E-state index in [0.29, 0.717) is 4.90 Å². The van der Waals surface area contributed by atoms with E-state index in [1.807, 2.05) is 0 Å². The van der Waals surface area contributed by atoms with Crippen LogP contribution in [-0.2, 0) is 0 Å². The van der Waals surface area contributed by atoms with Crippen molar-refractivity contribution in [2.24, 2.45) is 5.84 Å². The molecule has 0 aliphatic rings. The van der Waals surface area contributed by atoms with Gasteiger partial charge in [0.15, 0.2) is 0 Å². The number of nitrogens with one attached hydrogen (secondary N) is 1. The van der Waals surface area contributed by atoms with Gasteiger partial charge in [0.05, 0.1) is 16.2 Å². The van der Waals surface area contributed by atoms with E-state index in [0.717, 1.165) is 25.2 Å². The van der Waals surface area contributed by atoms with Crippen LogP contribution >= 0.6 is 0 Å². The van der Waals surface area contributed by atoms with Crippen LogP contribution in [0.2, 0.25) is 0 Å². The highest BCUT2D eigenvalue weighted by Gasteiger charge is 2.32. The SMILES string of the molecule is CN(CC(F)(F)F)C(=O)c1cc([N+](=O)[O-])ccc1NN. The van der Waals surface area contributed by atoms with Crippen molar-refractivity contribution in [1.82, 2.24) is 4.90 Å². The minimum absolute atomic E-state index is 0.00498. The molecule has 0 aromatic heterocycles. The Kier molecular flexibility index (Phi) is 4.50. The molecule has 1 rings (SSSR count). The highest BCUT2D eigenvalue weighted by atomic mass is 19.4. The lowest BCUT2D eigenvalue weighted by molar-refractivity contribution is -0.384. The van der Waals surface area contributed by atoms with Crippen LogP contribution in [0.4, 0.5) is 24.5 Å². The third kappa shape index (κ3) is 3.82. The molecule has 0 saturated carbocycles. The van der Waals surface area contributed by atoms with Crippen LogP contribution in [0.5, 0.6) is 0 Å². The second-order valence-electron chi connectivity index (χ2n) is 3.91. The molecule has 0 fully saturated rings. The van der Waals surface area contributed by atoms with Crippen molar-refractivity contribution in [1.29, 1.82) is 0 Å². The van der Waals surface area contributed by atoms with Crippen LogP contribution in [0.25, 0.3) is 0 Å². The molecule has 0 radical (unpaired) electrons. The Bertz CT molecular complexity index is 533. The third-order valence-electron chi connectivity index (χ3n) is 2.36. The number of carbonyl (C=O) groups is 1. The molecular weight excluding hydrogens is 281 g/mol. The second-order valence-corrected chi connectivity index (χ2v) is 3.91. The van der Waals surface area contributed by atoms with Crippen LogP contribution in [0.3, 0.4) is 0 Å². The summed E-state index contributed by atoms with van der Waals surface area (Å²) in [5.41, 5.74) is 1.37. The number of nitrogen functional groups attached to an aromatic ring is 1. The Morgan fingerprint density at radius 2 is 2.10 bits per heavy atom. The number of alkyl halides is 3. The molecule has 1 aromatic carbocycles. The number of nitrogens with zero attached hydrogens (tertiary/aromatic N) is 2. The summed E-state index contributed by atoms with van der Waals surface area (Å²) in [6.07, 6.45) is -4.57. The fourth-order valence-corrected chi connectivity index (χ4v) is 1.49. The Morgan fingerprint density at radius 1 is 1.50 bits per heavy atom. The number of halogens is 3. The van der Waals surface area contributed by atoms with Crippen LogP contribution in [0.1, 0.15) is 10.4 Å². The molecule has 1 aromatic rings. The number of non-ortho nitro benzene ring substituents is 1. The topological polar surface area (TPSA) is 102 Å². The van der Waals surface area contributed by atoms with E-state index < -0.39 is 29.2 Å². The van der Waals surface area contributed by atoms with E-state index in [1.165, 1.54) is 0 Å². The minimum Gasteiger partial charge on any atom is -0.333 e. The third-order valence-corrected chi connectivity index (χ3v) is 2.36. The summed E-state index contributed by atoms with van der Waals surface area (Å²) >= 11 is 0. The van der Waals surface area contributed by atoms with Crippen LogP contribution in [-0.4, -0.2) is 35.5 Å². The first-order valence-electron chi connectivity index (χ1n) is 5.23. The summed E-state index contributed by atoms with van der Waals surface area (Å²) in [6, 6.07) is 3.09. The molecule has 0 aliphatic heterocycles. The highest BCUT2D eigenvalue weighted by Crippen LogP contribution is 2.24. The van der Waals surface area contributed by atoms with Gasteiger partial charge in [0.2, 0.25) is 0 Å². The molecule has 0 unspecified atom stereocenters. The molecular formula is C10H11F3N4O3. The van der Waals surface area contributed by atoms with Crippen molar-refractivity contribution in [3.8, 4) is 0 Å². The van der Waals surface area contributed by atoms with Gasteiger partial charge in [0, 0.05) is 19.2 Å². The molecule has 0 aliphatic carbocycles. The molecule has 0 spiro atoms. The summed E-state index contributed by atoms with van der Waals surface area (Å²) in [5, 5.41) is 10.6. The van der Waals surface area contributed by atoms with E-state index in [9.17, 15) is 28.1 Å². The van der Waals surface area contributed by atoms with Gasteiger partial charge in [-0.2, -0.15) is 13.2 Å². The molecule has 10 heteroatoms. The maximum Gasteiger partial charge on any atom is 0.406 e. The first-order chi connectivity index (χ1) is 9.15. The lowest BCUT2D eigenvalue weighted by atomic mass is 10.1. The average molecular weight is 292 g/mol. The predicted octanol–water partition coefficient (Wildman–Crippen LogP) is 1.51. The van der Waals surface area contributed by atoms with Crippen LogP contribution in [0, 0.1) is 10.1 Å². The Morgan fingerprint density at radius 3 is 2.55 bits per heavy atom. The van der Waals surface area contributed by atoms with Gasteiger partial charge < -0.3 is 10.3 Å². The number of amides is 1. The Balaban J connectivity index is 3.13. The van der Waals surface area contributed by atoms with Gasteiger partial charge in [0.1, 0.15) is 6.54 Å². The summed E-state index contributed by atoms with van der Waals surface area (Å²) in [7, 11) is 0.939. The van der Waals surface area contributed by atoms with E-state index in [4.69, 9.17) is 5.84 Å². The predicted molar refractivity (Wildman–Crippen MR) is 63.9 cm³/mol. The van der Waals surface area contributed by atoms with Crippen molar-refractivity contribution in [3.63, 3.8) is 0 Å². The summed E-state index contributed by atoms with van der Waals surface area (Å²) in [4.78, 5) is 22.1. The molecule has 110 valence electrons. The van der Waals surface area contributed by atoms with Gasteiger partial charge in [-0.1, -0.05) is 0 Å². The van der Waals surface area contributed by atoms with Crippen LogP contribution < -0.4 is 11.3 Å². The van der Waals surface area contributed by atoms with Crippen molar-refractivity contribution >= 4 is 17.3 Å². The fraction of sp³-hybridized carbons (Fsp3) is 0.300. The number of anilines is 1. The van der Waals surface area contributed by atoms with Gasteiger partial charge in [0.25, 0.3) is 11.6 Å². The minimum atomic E-state index is -4.57. The van der Waals surface area contributed by atoms with Crippen molar-refractivity contribution < 1.29 is 22.9 Å². The second kappa shape index (κ2) is 5.74. The first-order valence-corrected chi connectivity index (χ1v) is 5.23. The van der Waals surface area contributed by atoms with Crippen LogP contribution in [0.15, 0.2) is 18.2 Å². The number of nitro benzene ring substituents is 1. The zero-order valence-corrected chi connectivity index (χ0v) is 10.3. The maximum atomic E-state index is 12.2. The lowest BCUT2D eigenvalue weighted by Gasteiger charge is -2.20. The first kappa shape index (κ1) is 15.7. The molecule has 0 saturated heterocycles. The largest absolute Gasteiger partial charge is 0.406 e. The molecule has 1 amide bonds. The Hall–Kier alpha value is -2.36. The molecule has 20 heavy (non-hydrogen) atoms. The number of nitrogens with two attached hydrogens (primary N) is 1. The number of benzene rings is 1. The smallest absolute Gasteiger partial charge is 0.333 e. The number of carbonyl (C=O) groups excluding carboxylic acids is 1. The molecule has 3 N–H and O–H groups in total. The number of hydrazine groups is 1. The normalized spacial score (nSPS) is 11.1. The zero-order chi connectivity index (χ0) is 15.5. The van der Waals surface area contributed by atoms with Gasteiger partial charge in [-0.25, -0.2) is 0 Å². The quantitative estimate of drug-likeness (QED) is 0.497. The van der Waals surface area contributed by atoms with Crippen molar-refractivity contribution in [2.75, 3.05) is 19.0 Å². The molecule has 0 heterocycles. The van der Waals surface area contributed by atoms with Crippen molar-refractivity contribution in [2.45, 2.75) is 6.18 Å². The average Bonchev–Trinajstić information content (AvgIpc) is 2.34. The Labute approximate surface area is 111 Å². The van der Waals surface area contributed by atoms with E-state index in [2.05, 4.69) is 5.43 Å². The maximum absolute atomic E-state index is 12.2. The lowest BCUT2D eigenvalue weighted by Crippen LogP contribution is -2.36. The summed E-state index contributed by atoms with van der Waals surface area (Å²) in [5.74, 6) is 4.10. The van der Waals surface area contributed by atoms with Gasteiger partial charge in [-0.05, 0) is 6.07 Å². The van der Waals surface area contributed by atoms with E-state index >= 15 is 0 Å². The number of hydrogen-bond acceptors (Lipinski definition) is 5. The molecule has 7 nitrogen and oxygen atoms in total. The van der Waals surface area contributed by atoms with Gasteiger partial charge >= 0.3 is 6.18 Å². The van der Waals surface area contributed by atoms with Crippen molar-refractivity contribution in [3.05, 3.63) is 33.9 Å². The fourth-order valence-electron chi connectivity index (χ4n) is 1.49. The molecule has 0 atom stereocenters. The van der Waals surface area contributed by atoms with E-state index in [-0.39, 0.29) is 11.3 Å². The number of hydrogen-bond donors (Lipinski definition) is 2. The number of nitro groups is 1. The standard InChI is InChI=1S/C10H11F3N4O3/c1-16(5-10(11,12)13)9(18)7-4-6(17(19)20)2-3-8(7)15-14/h2-4,15H,5,14H2,1H3. The monoisotopic (exact) mass is 292 g/mol. The van der Waals surface area contributed by atoms with Gasteiger partial charge in [-0.15, -0.1) is 0 Å². The summed E-state index contributed by atoms with van der Waals surface area (Å²) < 4.78 is 36.7. The number of rotatable bonds is 4. The van der Waals surface area contributed by atoms with Gasteiger partial charge in [-0.3, -0.25) is 20.8 Å². The summed E-state index contributed by atoms with van der Waals surface area (Å²) in [6.45, 7) is -1.47. The van der Waals surface area contributed by atoms with E-state index in [1.54, 1.807) is 0 Å². The highest BCUT2D eigenvalue weighted by molar-refractivity contribution is 6.00. The zero-order valence-electron chi connectivity index (χ0n) is 10.3.